The normalized spacial score (nSPS) is 10.7. The molecule has 4 nitrogen and oxygen atoms in total. The van der Waals surface area contributed by atoms with Gasteiger partial charge in [-0.25, -0.2) is 4.98 Å². The summed E-state index contributed by atoms with van der Waals surface area (Å²) >= 11 is 0. The van der Waals surface area contributed by atoms with E-state index in [0.717, 1.165) is 28.6 Å². The predicted octanol–water partition coefficient (Wildman–Crippen LogP) is 2.91. The minimum Gasteiger partial charge on any atom is -0.496 e. The lowest BCUT2D eigenvalue weighted by Crippen LogP contribution is -2.01. The number of benzene rings is 1. The van der Waals surface area contributed by atoms with Crippen LogP contribution in [0.1, 0.15) is 15.9 Å². The number of hydrogen-bond donors (Lipinski definition) is 0. The van der Waals surface area contributed by atoms with Crippen LogP contribution in [-0.2, 0) is 6.54 Å². The Kier molecular flexibility index (Phi) is 3.21. The number of carbonyl (C=O) groups is 1. The van der Waals surface area contributed by atoms with Gasteiger partial charge in [-0.3, -0.25) is 4.79 Å². The number of aromatic nitrogens is 2. The van der Waals surface area contributed by atoms with Crippen LogP contribution in [0, 0.1) is 0 Å². The van der Waals surface area contributed by atoms with Crippen molar-refractivity contribution in [3.63, 3.8) is 0 Å². The third-order valence-corrected chi connectivity index (χ3v) is 3.32. The van der Waals surface area contributed by atoms with Crippen molar-refractivity contribution < 1.29 is 9.53 Å². The second-order valence-corrected chi connectivity index (χ2v) is 4.52. The minimum atomic E-state index is 0.616. The van der Waals surface area contributed by atoms with Crippen molar-refractivity contribution in [2.24, 2.45) is 0 Å². The number of fused-ring (bicyclic) bond motifs is 1. The van der Waals surface area contributed by atoms with Crippen LogP contribution in [0.25, 0.3) is 11.0 Å². The lowest BCUT2D eigenvalue weighted by molar-refractivity contribution is 0.112. The second kappa shape index (κ2) is 5.17. The Bertz CT molecular complexity index is 762. The minimum absolute atomic E-state index is 0.616. The standard InChI is InChI=1S/C16H14N2O2/c1-20-15-7-3-2-5-12(15)9-18-10-13(11-19)14-6-4-8-17-16(14)18/h2-8,10-11H,9H2,1H3. The molecule has 0 saturated heterocycles. The first-order valence-corrected chi connectivity index (χ1v) is 6.34. The van der Waals surface area contributed by atoms with E-state index >= 15 is 0 Å². The van der Waals surface area contributed by atoms with Crippen LogP contribution in [0.15, 0.2) is 48.8 Å². The van der Waals surface area contributed by atoms with Gasteiger partial charge in [0.1, 0.15) is 11.4 Å². The fraction of sp³-hybridized carbons (Fsp3) is 0.125. The number of pyridine rings is 1. The first-order chi connectivity index (χ1) is 9.83. The van der Waals surface area contributed by atoms with E-state index in [0.29, 0.717) is 12.1 Å². The molecular formula is C16H14N2O2. The van der Waals surface area contributed by atoms with Gasteiger partial charge in [-0.05, 0) is 18.2 Å². The zero-order chi connectivity index (χ0) is 13.9. The summed E-state index contributed by atoms with van der Waals surface area (Å²) in [7, 11) is 1.65. The van der Waals surface area contributed by atoms with E-state index in [2.05, 4.69) is 4.98 Å². The third-order valence-electron chi connectivity index (χ3n) is 3.32. The quantitative estimate of drug-likeness (QED) is 0.682. The molecule has 2 heterocycles. The van der Waals surface area contributed by atoms with Crippen LogP contribution in [-0.4, -0.2) is 22.9 Å². The fourth-order valence-corrected chi connectivity index (χ4v) is 2.38. The highest BCUT2D eigenvalue weighted by molar-refractivity contribution is 5.95. The number of ether oxygens (including phenoxy) is 1. The van der Waals surface area contributed by atoms with E-state index in [-0.39, 0.29) is 0 Å². The molecule has 4 heteroatoms. The van der Waals surface area contributed by atoms with Crippen LogP contribution in [0.3, 0.4) is 0 Å². The Balaban J connectivity index is 2.09. The van der Waals surface area contributed by atoms with Crippen molar-refractivity contribution in [2.45, 2.75) is 6.54 Å². The lowest BCUT2D eigenvalue weighted by Gasteiger charge is -2.09. The van der Waals surface area contributed by atoms with Gasteiger partial charge in [0.25, 0.3) is 0 Å². The van der Waals surface area contributed by atoms with Gasteiger partial charge in [0.15, 0.2) is 6.29 Å². The van der Waals surface area contributed by atoms with Gasteiger partial charge < -0.3 is 9.30 Å². The smallest absolute Gasteiger partial charge is 0.152 e. The van der Waals surface area contributed by atoms with Crippen molar-refractivity contribution in [2.75, 3.05) is 7.11 Å². The number of para-hydroxylation sites is 1. The zero-order valence-electron chi connectivity index (χ0n) is 11.1. The molecular weight excluding hydrogens is 252 g/mol. The maximum Gasteiger partial charge on any atom is 0.152 e. The fourth-order valence-electron chi connectivity index (χ4n) is 2.38. The molecule has 0 amide bonds. The highest BCUT2D eigenvalue weighted by Gasteiger charge is 2.10. The molecule has 0 unspecified atom stereocenters. The molecule has 0 aliphatic heterocycles. The van der Waals surface area contributed by atoms with Gasteiger partial charge >= 0.3 is 0 Å². The molecule has 3 rings (SSSR count). The molecule has 0 bridgehead atoms. The van der Waals surface area contributed by atoms with Crippen molar-refractivity contribution >= 4 is 17.3 Å². The first-order valence-electron chi connectivity index (χ1n) is 6.34. The average Bonchev–Trinajstić information content (AvgIpc) is 2.86. The van der Waals surface area contributed by atoms with Crippen molar-refractivity contribution in [3.8, 4) is 5.75 Å². The summed E-state index contributed by atoms with van der Waals surface area (Å²) in [5.74, 6) is 0.831. The first kappa shape index (κ1) is 12.4. The van der Waals surface area contributed by atoms with Crippen LogP contribution < -0.4 is 4.74 Å². The number of carbonyl (C=O) groups excluding carboxylic acids is 1. The highest BCUT2D eigenvalue weighted by Crippen LogP contribution is 2.23. The van der Waals surface area contributed by atoms with E-state index in [1.807, 2.05) is 47.2 Å². The topological polar surface area (TPSA) is 44.1 Å². The molecule has 0 aliphatic carbocycles. The SMILES string of the molecule is COc1ccccc1Cn1cc(C=O)c2cccnc21. The molecule has 2 aromatic heterocycles. The van der Waals surface area contributed by atoms with Crippen LogP contribution in [0.4, 0.5) is 0 Å². The summed E-state index contributed by atoms with van der Waals surface area (Å²) in [6.45, 7) is 0.616. The highest BCUT2D eigenvalue weighted by atomic mass is 16.5. The van der Waals surface area contributed by atoms with E-state index < -0.39 is 0 Å². The summed E-state index contributed by atoms with van der Waals surface area (Å²) in [5, 5.41) is 0.873. The van der Waals surface area contributed by atoms with Crippen molar-refractivity contribution in [1.29, 1.82) is 0 Å². The van der Waals surface area contributed by atoms with E-state index in [9.17, 15) is 4.79 Å². The number of rotatable bonds is 4. The zero-order valence-corrected chi connectivity index (χ0v) is 11.1. The van der Waals surface area contributed by atoms with Crippen LogP contribution in [0.2, 0.25) is 0 Å². The Labute approximate surface area is 116 Å². The Morgan fingerprint density at radius 1 is 1.25 bits per heavy atom. The van der Waals surface area contributed by atoms with Gasteiger partial charge in [0.2, 0.25) is 0 Å². The second-order valence-electron chi connectivity index (χ2n) is 4.52. The molecule has 1 aromatic carbocycles. The molecule has 0 N–H and O–H groups in total. The maximum absolute atomic E-state index is 11.1. The molecule has 0 atom stereocenters. The molecule has 0 aliphatic rings. The predicted molar refractivity (Wildman–Crippen MR) is 77.2 cm³/mol. The van der Waals surface area contributed by atoms with Crippen LogP contribution in [0.5, 0.6) is 5.75 Å². The molecule has 0 saturated carbocycles. The molecule has 0 fully saturated rings. The monoisotopic (exact) mass is 266 g/mol. The average molecular weight is 266 g/mol. The molecule has 3 aromatic rings. The summed E-state index contributed by atoms with van der Waals surface area (Å²) < 4.78 is 7.33. The number of hydrogen-bond acceptors (Lipinski definition) is 3. The van der Waals surface area contributed by atoms with Gasteiger partial charge in [-0.1, -0.05) is 18.2 Å². The van der Waals surface area contributed by atoms with Gasteiger partial charge in [0, 0.05) is 28.9 Å². The number of methoxy groups -OCH3 is 1. The summed E-state index contributed by atoms with van der Waals surface area (Å²) in [5.41, 5.74) is 2.51. The molecule has 0 spiro atoms. The van der Waals surface area contributed by atoms with Crippen molar-refractivity contribution in [1.82, 2.24) is 9.55 Å². The number of aldehydes is 1. The summed E-state index contributed by atoms with van der Waals surface area (Å²) in [6, 6.07) is 11.6. The molecule has 100 valence electrons. The van der Waals surface area contributed by atoms with Crippen LogP contribution >= 0.6 is 0 Å². The van der Waals surface area contributed by atoms with E-state index in [1.54, 1.807) is 13.3 Å². The lowest BCUT2D eigenvalue weighted by atomic mass is 10.2. The largest absolute Gasteiger partial charge is 0.496 e. The maximum atomic E-state index is 11.1. The summed E-state index contributed by atoms with van der Waals surface area (Å²) in [6.07, 6.45) is 4.43. The van der Waals surface area contributed by atoms with Gasteiger partial charge in [0.05, 0.1) is 13.7 Å². The van der Waals surface area contributed by atoms with Gasteiger partial charge in [-0.15, -0.1) is 0 Å². The molecule has 20 heavy (non-hydrogen) atoms. The van der Waals surface area contributed by atoms with Crippen molar-refractivity contribution in [3.05, 3.63) is 59.9 Å². The van der Waals surface area contributed by atoms with Gasteiger partial charge in [-0.2, -0.15) is 0 Å². The summed E-state index contributed by atoms with van der Waals surface area (Å²) in [4.78, 5) is 15.5. The Hall–Kier alpha value is -2.62. The Morgan fingerprint density at radius 3 is 2.90 bits per heavy atom. The molecule has 0 radical (unpaired) electrons. The third kappa shape index (κ3) is 2.05. The van der Waals surface area contributed by atoms with E-state index in [1.165, 1.54) is 0 Å². The van der Waals surface area contributed by atoms with E-state index in [4.69, 9.17) is 4.74 Å². The Morgan fingerprint density at radius 2 is 2.10 bits per heavy atom. The number of nitrogens with zero attached hydrogens (tertiary/aromatic N) is 2.